The summed E-state index contributed by atoms with van der Waals surface area (Å²) in [5.41, 5.74) is 2.51. The van der Waals surface area contributed by atoms with Crippen molar-refractivity contribution in [2.45, 2.75) is 23.3 Å². The van der Waals surface area contributed by atoms with Crippen molar-refractivity contribution in [1.82, 2.24) is 0 Å². The predicted molar refractivity (Wildman–Crippen MR) is 72.5 cm³/mol. The average molecular weight is 244 g/mol. The molecule has 0 unspecified atom stereocenters. The van der Waals surface area contributed by atoms with Crippen molar-refractivity contribution < 1.29 is 4.74 Å². The number of hydrogen-bond acceptors (Lipinski definition) is 2. The fraction of sp³-hybridized carbons (Fsp3) is 0.200. The van der Waals surface area contributed by atoms with E-state index < -0.39 is 0 Å². The average Bonchev–Trinajstić information content (AvgIpc) is 2.35. The standard InChI is InChI=1S/C15H16OS/c1-12-3-7-14(8-4-12)17-15-9-5-13(6-10-15)11-16-2/h3-10H,11H2,1-2H3. The van der Waals surface area contributed by atoms with Gasteiger partial charge in [0, 0.05) is 16.9 Å². The van der Waals surface area contributed by atoms with E-state index in [1.165, 1.54) is 20.9 Å². The smallest absolute Gasteiger partial charge is 0.0713 e. The molecule has 17 heavy (non-hydrogen) atoms. The predicted octanol–water partition coefficient (Wildman–Crippen LogP) is 4.29. The molecule has 0 aliphatic heterocycles. The molecule has 0 aliphatic carbocycles. The third kappa shape index (κ3) is 3.62. The maximum absolute atomic E-state index is 5.09. The number of ether oxygens (including phenoxy) is 1. The molecule has 0 heterocycles. The second-order valence-corrected chi connectivity index (χ2v) is 5.14. The van der Waals surface area contributed by atoms with Crippen molar-refractivity contribution in [3.63, 3.8) is 0 Å². The first-order valence-corrected chi connectivity index (χ1v) is 6.42. The molecule has 2 rings (SSSR count). The Morgan fingerprint density at radius 1 is 0.882 bits per heavy atom. The Hall–Kier alpha value is -1.25. The van der Waals surface area contributed by atoms with Crippen LogP contribution in [-0.2, 0) is 11.3 Å². The van der Waals surface area contributed by atoms with E-state index in [-0.39, 0.29) is 0 Å². The van der Waals surface area contributed by atoms with Gasteiger partial charge in [-0.25, -0.2) is 0 Å². The van der Waals surface area contributed by atoms with Gasteiger partial charge in [0.1, 0.15) is 0 Å². The van der Waals surface area contributed by atoms with Gasteiger partial charge in [0.2, 0.25) is 0 Å². The lowest BCUT2D eigenvalue weighted by atomic mass is 10.2. The summed E-state index contributed by atoms with van der Waals surface area (Å²) in [5.74, 6) is 0. The zero-order valence-electron chi connectivity index (χ0n) is 10.1. The fourth-order valence-electron chi connectivity index (χ4n) is 1.56. The molecule has 0 amide bonds. The normalized spacial score (nSPS) is 10.5. The van der Waals surface area contributed by atoms with Crippen LogP contribution < -0.4 is 0 Å². The molecular weight excluding hydrogens is 228 g/mol. The highest BCUT2D eigenvalue weighted by atomic mass is 32.2. The van der Waals surface area contributed by atoms with E-state index in [4.69, 9.17) is 4.74 Å². The number of aryl methyl sites for hydroxylation is 1. The number of methoxy groups -OCH3 is 1. The van der Waals surface area contributed by atoms with Crippen LogP contribution in [0, 0.1) is 6.92 Å². The van der Waals surface area contributed by atoms with Crippen molar-refractivity contribution in [2.24, 2.45) is 0 Å². The molecule has 0 saturated heterocycles. The summed E-state index contributed by atoms with van der Waals surface area (Å²) in [6.07, 6.45) is 0. The molecule has 0 radical (unpaired) electrons. The van der Waals surface area contributed by atoms with Crippen LogP contribution in [0.2, 0.25) is 0 Å². The monoisotopic (exact) mass is 244 g/mol. The van der Waals surface area contributed by atoms with Gasteiger partial charge < -0.3 is 4.74 Å². The Kier molecular flexibility index (Phi) is 4.24. The highest BCUT2D eigenvalue weighted by Crippen LogP contribution is 2.27. The highest BCUT2D eigenvalue weighted by molar-refractivity contribution is 7.99. The molecule has 2 heteroatoms. The molecule has 0 spiro atoms. The first-order valence-electron chi connectivity index (χ1n) is 5.60. The van der Waals surface area contributed by atoms with Gasteiger partial charge in [-0.15, -0.1) is 0 Å². The number of rotatable bonds is 4. The van der Waals surface area contributed by atoms with Gasteiger partial charge in [-0.05, 0) is 36.8 Å². The van der Waals surface area contributed by atoms with Gasteiger partial charge in [0.15, 0.2) is 0 Å². The van der Waals surface area contributed by atoms with E-state index in [0.29, 0.717) is 6.61 Å². The number of benzene rings is 2. The van der Waals surface area contributed by atoms with E-state index in [1.807, 2.05) is 0 Å². The van der Waals surface area contributed by atoms with Crippen LogP contribution in [0.3, 0.4) is 0 Å². The summed E-state index contributed by atoms with van der Waals surface area (Å²) in [7, 11) is 1.72. The first-order chi connectivity index (χ1) is 8.28. The lowest BCUT2D eigenvalue weighted by Crippen LogP contribution is -1.86. The Balaban J connectivity index is 2.05. The van der Waals surface area contributed by atoms with Crippen LogP contribution in [0.25, 0.3) is 0 Å². The first kappa shape index (κ1) is 12.2. The van der Waals surface area contributed by atoms with E-state index in [1.54, 1.807) is 18.9 Å². The minimum atomic E-state index is 0.676. The molecule has 0 bridgehead atoms. The van der Waals surface area contributed by atoms with Crippen LogP contribution in [0.5, 0.6) is 0 Å². The van der Waals surface area contributed by atoms with Crippen LogP contribution in [0.4, 0.5) is 0 Å². The van der Waals surface area contributed by atoms with Crippen molar-refractivity contribution in [3.05, 3.63) is 59.7 Å². The lowest BCUT2D eigenvalue weighted by molar-refractivity contribution is 0.185. The quantitative estimate of drug-likeness (QED) is 0.793. The van der Waals surface area contributed by atoms with Crippen LogP contribution in [-0.4, -0.2) is 7.11 Å². The second-order valence-electron chi connectivity index (χ2n) is 3.99. The Labute approximate surface area is 107 Å². The molecular formula is C15H16OS. The van der Waals surface area contributed by atoms with E-state index in [9.17, 15) is 0 Å². The van der Waals surface area contributed by atoms with Crippen LogP contribution in [0.15, 0.2) is 58.3 Å². The third-order valence-corrected chi connectivity index (χ3v) is 3.51. The fourth-order valence-corrected chi connectivity index (χ4v) is 2.38. The van der Waals surface area contributed by atoms with Gasteiger partial charge in [-0.2, -0.15) is 0 Å². The largest absolute Gasteiger partial charge is 0.380 e. The summed E-state index contributed by atoms with van der Waals surface area (Å²) < 4.78 is 5.09. The summed E-state index contributed by atoms with van der Waals surface area (Å²) >= 11 is 1.78. The van der Waals surface area contributed by atoms with Gasteiger partial charge in [0.05, 0.1) is 6.61 Å². The van der Waals surface area contributed by atoms with E-state index >= 15 is 0 Å². The van der Waals surface area contributed by atoms with Crippen LogP contribution in [0.1, 0.15) is 11.1 Å². The van der Waals surface area contributed by atoms with Crippen molar-refractivity contribution >= 4 is 11.8 Å². The Morgan fingerprint density at radius 3 is 1.94 bits per heavy atom. The van der Waals surface area contributed by atoms with Gasteiger partial charge in [-0.1, -0.05) is 41.6 Å². The minimum Gasteiger partial charge on any atom is -0.380 e. The van der Waals surface area contributed by atoms with Crippen LogP contribution >= 0.6 is 11.8 Å². The molecule has 0 fully saturated rings. The Bertz CT molecular complexity index is 459. The molecule has 2 aromatic rings. The number of hydrogen-bond donors (Lipinski definition) is 0. The molecule has 88 valence electrons. The summed E-state index contributed by atoms with van der Waals surface area (Å²) in [6.45, 7) is 2.78. The maximum Gasteiger partial charge on any atom is 0.0713 e. The SMILES string of the molecule is COCc1ccc(Sc2ccc(C)cc2)cc1. The molecule has 1 nitrogen and oxygen atoms in total. The zero-order valence-corrected chi connectivity index (χ0v) is 11.0. The zero-order chi connectivity index (χ0) is 12.1. The lowest BCUT2D eigenvalue weighted by Gasteiger charge is -2.04. The molecule has 0 atom stereocenters. The topological polar surface area (TPSA) is 9.23 Å². The highest BCUT2D eigenvalue weighted by Gasteiger charge is 1.98. The van der Waals surface area contributed by atoms with Crippen molar-refractivity contribution in [3.8, 4) is 0 Å². The molecule has 0 aromatic heterocycles. The maximum atomic E-state index is 5.09. The molecule has 0 aliphatic rings. The molecule has 0 saturated carbocycles. The van der Waals surface area contributed by atoms with E-state index in [2.05, 4.69) is 55.5 Å². The van der Waals surface area contributed by atoms with Gasteiger partial charge in [0.25, 0.3) is 0 Å². The Morgan fingerprint density at radius 2 is 1.41 bits per heavy atom. The molecule has 0 N–H and O–H groups in total. The summed E-state index contributed by atoms with van der Waals surface area (Å²) in [6, 6.07) is 17.1. The van der Waals surface area contributed by atoms with Gasteiger partial charge in [-0.3, -0.25) is 0 Å². The minimum absolute atomic E-state index is 0.676. The second kappa shape index (κ2) is 5.89. The van der Waals surface area contributed by atoms with E-state index in [0.717, 1.165) is 0 Å². The van der Waals surface area contributed by atoms with Crippen molar-refractivity contribution in [1.29, 1.82) is 0 Å². The summed E-state index contributed by atoms with van der Waals surface area (Å²) in [5, 5.41) is 0. The van der Waals surface area contributed by atoms with Crippen molar-refractivity contribution in [2.75, 3.05) is 7.11 Å². The van der Waals surface area contributed by atoms with Gasteiger partial charge >= 0.3 is 0 Å². The third-order valence-electron chi connectivity index (χ3n) is 2.49. The molecule has 2 aromatic carbocycles. The summed E-state index contributed by atoms with van der Waals surface area (Å²) in [4.78, 5) is 2.53.